The summed E-state index contributed by atoms with van der Waals surface area (Å²) in [6, 6.07) is 9.18. The molecule has 0 aliphatic carbocycles. The summed E-state index contributed by atoms with van der Waals surface area (Å²) in [5.74, 6) is 0.768. The monoisotopic (exact) mass is 264 g/mol. The van der Waals surface area contributed by atoms with E-state index < -0.39 is 10.8 Å². The Morgan fingerprint density at radius 2 is 2.11 bits per heavy atom. The van der Waals surface area contributed by atoms with Gasteiger partial charge >= 0.3 is 0 Å². The van der Waals surface area contributed by atoms with Crippen LogP contribution in [0.5, 0.6) is 0 Å². The average molecular weight is 264 g/mol. The molecular weight excluding hydrogens is 248 g/mol. The second kappa shape index (κ2) is 5.96. The van der Waals surface area contributed by atoms with Crippen molar-refractivity contribution in [1.29, 1.82) is 0 Å². The summed E-state index contributed by atoms with van der Waals surface area (Å²) in [4.78, 5) is 11.9. The molecule has 1 unspecified atom stereocenters. The molecule has 1 aromatic carbocycles. The van der Waals surface area contributed by atoms with Crippen LogP contribution in [0.25, 0.3) is 11.0 Å². The van der Waals surface area contributed by atoms with Gasteiger partial charge in [0.1, 0.15) is 5.58 Å². The van der Waals surface area contributed by atoms with Crippen LogP contribution >= 0.6 is 0 Å². The van der Waals surface area contributed by atoms with Crippen molar-refractivity contribution in [3.8, 4) is 0 Å². The van der Waals surface area contributed by atoms with Gasteiger partial charge in [0.05, 0.1) is 5.75 Å². The molecule has 3 nitrogen and oxygen atoms in total. The first-order valence-electron chi connectivity index (χ1n) is 6.07. The van der Waals surface area contributed by atoms with Gasteiger partial charge in [0.15, 0.2) is 5.76 Å². The van der Waals surface area contributed by atoms with Gasteiger partial charge in [-0.3, -0.25) is 9.00 Å². The highest BCUT2D eigenvalue weighted by Gasteiger charge is 2.14. The Labute approximate surface area is 109 Å². The molecule has 4 heteroatoms. The van der Waals surface area contributed by atoms with Crippen LogP contribution < -0.4 is 0 Å². The van der Waals surface area contributed by atoms with Crippen LogP contribution in [0, 0.1) is 0 Å². The zero-order chi connectivity index (χ0) is 13.0. The van der Waals surface area contributed by atoms with Crippen molar-refractivity contribution in [2.75, 3.05) is 11.5 Å². The van der Waals surface area contributed by atoms with E-state index in [4.69, 9.17) is 4.42 Å². The number of ketones is 1. The number of rotatable bonds is 6. The zero-order valence-electron chi connectivity index (χ0n) is 10.3. The SMILES string of the molecule is CCCCS(=O)CC(=O)c1cc2ccccc2o1. The number of hydrogen-bond acceptors (Lipinski definition) is 3. The highest BCUT2D eigenvalue weighted by molar-refractivity contribution is 7.85. The van der Waals surface area contributed by atoms with Gasteiger partial charge in [-0.25, -0.2) is 0 Å². The lowest BCUT2D eigenvalue weighted by Gasteiger charge is -1.98. The van der Waals surface area contributed by atoms with Gasteiger partial charge in [0.25, 0.3) is 0 Å². The minimum Gasteiger partial charge on any atom is -0.453 e. The highest BCUT2D eigenvalue weighted by Crippen LogP contribution is 2.19. The van der Waals surface area contributed by atoms with Crippen LogP contribution in [0.3, 0.4) is 0 Å². The molecule has 1 aromatic heterocycles. The maximum atomic E-state index is 11.9. The third kappa shape index (κ3) is 3.07. The summed E-state index contributed by atoms with van der Waals surface area (Å²) < 4.78 is 17.1. The third-order valence-electron chi connectivity index (χ3n) is 2.72. The molecule has 0 radical (unpaired) electrons. The molecule has 0 saturated carbocycles. The molecule has 1 atom stereocenters. The minimum atomic E-state index is -1.08. The standard InChI is InChI=1S/C14H16O3S/c1-2-3-8-18(16)10-12(15)14-9-11-6-4-5-7-13(11)17-14/h4-7,9H,2-3,8,10H2,1H3. The van der Waals surface area contributed by atoms with E-state index >= 15 is 0 Å². The molecule has 0 aliphatic heterocycles. The van der Waals surface area contributed by atoms with Gasteiger partial charge in [-0.2, -0.15) is 0 Å². The van der Waals surface area contributed by atoms with Crippen molar-refractivity contribution in [2.24, 2.45) is 0 Å². The number of carbonyl (C=O) groups is 1. The maximum Gasteiger partial charge on any atom is 0.210 e. The molecule has 0 amide bonds. The number of fused-ring (bicyclic) bond motifs is 1. The molecule has 18 heavy (non-hydrogen) atoms. The van der Waals surface area contributed by atoms with Gasteiger partial charge in [-0.15, -0.1) is 0 Å². The topological polar surface area (TPSA) is 47.3 Å². The molecule has 0 N–H and O–H groups in total. The molecule has 0 bridgehead atoms. The summed E-state index contributed by atoms with van der Waals surface area (Å²) in [5, 5.41) is 0.903. The van der Waals surface area contributed by atoms with E-state index in [0.717, 1.165) is 18.2 Å². The van der Waals surface area contributed by atoms with Crippen molar-refractivity contribution in [2.45, 2.75) is 19.8 Å². The van der Waals surface area contributed by atoms with Gasteiger partial charge in [0, 0.05) is 21.9 Å². The van der Waals surface area contributed by atoms with Crippen molar-refractivity contribution in [1.82, 2.24) is 0 Å². The molecule has 1 heterocycles. The molecule has 2 rings (SSSR count). The van der Waals surface area contributed by atoms with Gasteiger partial charge in [0.2, 0.25) is 5.78 Å². The van der Waals surface area contributed by atoms with E-state index in [1.165, 1.54) is 0 Å². The summed E-state index contributed by atoms with van der Waals surface area (Å²) in [6.45, 7) is 2.04. The summed E-state index contributed by atoms with van der Waals surface area (Å²) >= 11 is 0. The number of carbonyl (C=O) groups excluding carboxylic acids is 1. The van der Waals surface area contributed by atoms with Crippen molar-refractivity contribution >= 4 is 27.6 Å². The lowest BCUT2D eigenvalue weighted by Crippen LogP contribution is -2.12. The first-order chi connectivity index (χ1) is 8.70. The van der Waals surface area contributed by atoms with Gasteiger partial charge in [-0.1, -0.05) is 31.5 Å². The Bertz CT molecular complexity index is 538. The number of furan rings is 1. The molecule has 0 spiro atoms. The largest absolute Gasteiger partial charge is 0.453 e. The Morgan fingerprint density at radius 1 is 1.33 bits per heavy atom. The van der Waals surface area contributed by atoms with Crippen molar-refractivity contribution in [3.63, 3.8) is 0 Å². The fourth-order valence-corrected chi connectivity index (χ4v) is 2.90. The quantitative estimate of drug-likeness (QED) is 0.753. The van der Waals surface area contributed by atoms with E-state index in [1.54, 1.807) is 6.07 Å². The molecule has 0 fully saturated rings. The Kier molecular flexibility index (Phi) is 4.31. The van der Waals surface area contributed by atoms with Crippen LogP contribution in [-0.2, 0) is 10.8 Å². The summed E-state index contributed by atoms with van der Waals surface area (Å²) in [7, 11) is -1.08. The number of Topliss-reactive ketones (excluding diaryl/α,β-unsaturated/α-hetero) is 1. The van der Waals surface area contributed by atoms with E-state index in [-0.39, 0.29) is 11.5 Å². The molecule has 2 aromatic rings. The van der Waals surface area contributed by atoms with Gasteiger partial charge < -0.3 is 4.42 Å². The van der Waals surface area contributed by atoms with Crippen LogP contribution in [0.4, 0.5) is 0 Å². The average Bonchev–Trinajstić information content (AvgIpc) is 2.80. The molecule has 0 aliphatic rings. The first-order valence-corrected chi connectivity index (χ1v) is 7.56. The molecular formula is C14H16O3S. The van der Waals surface area contributed by atoms with Crippen molar-refractivity contribution in [3.05, 3.63) is 36.1 Å². The second-order valence-corrected chi connectivity index (χ2v) is 5.79. The lowest BCUT2D eigenvalue weighted by molar-refractivity contribution is 0.0993. The van der Waals surface area contributed by atoms with Crippen LogP contribution in [0.15, 0.2) is 34.7 Å². The summed E-state index contributed by atoms with van der Waals surface area (Å²) in [6.07, 6.45) is 1.88. The Balaban J connectivity index is 2.06. The Morgan fingerprint density at radius 3 is 2.83 bits per heavy atom. The number of benzene rings is 1. The predicted octanol–water partition coefficient (Wildman–Crippen LogP) is 3.16. The fourth-order valence-electron chi connectivity index (χ4n) is 1.71. The van der Waals surface area contributed by atoms with Crippen molar-refractivity contribution < 1.29 is 13.4 Å². The van der Waals surface area contributed by atoms with E-state index in [1.807, 2.05) is 31.2 Å². The van der Waals surface area contributed by atoms with E-state index in [9.17, 15) is 9.00 Å². The highest BCUT2D eigenvalue weighted by atomic mass is 32.2. The first kappa shape index (κ1) is 13.0. The lowest BCUT2D eigenvalue weighted by atomic mass is 10.2. The van der Waals surface area contributed by atoms with Crippen LogP contribution in [-0.4, -0.2) is 21.5 Å². The fraction of sp³-hybridized carbons (Fsp3) is 0.357. The zero-order valence-corrected chi connectivity index (χ0v) is 11.2. The number of unbranched alkanes of at least 4 members (excludes halogenated alkanes) is 1. The van der Waals surface area contributed by atoms with E-state index in [2.05, 4.69) is 0 Å². The predicted molar refractivity (Wildman–Crippen MR) is 73.3 cm³/mol. The second-order valence-electron chi connectivity index (χ2n) is 4.21. The molecule has 0 saturated heterocycles. The smallest absolute Gasteiger partial charge is 0.210 e. The Hall–Kier alpha value is -1.42. The van der Waals surface area contributed by atoms with Crippen LogP contribution in [0.2, 0.25) is 0 Å². The van der Waals surface area contributed by atoms with Gasteiger partial charge in [-0.05, 0) is 18.6 Å². The third-order valence-corrected chi connectivity index (χ3v) is 4.05. The number of hydrogen-bond donors (Lipinski definition) is 0. The normalized spacial score (nSPS) is 12.7. The van der Waals surface area contributed by atoms with Crippen LogP contribution in [0.1, 0.15) is 30.3 Å². The molecule has 96 valence electrons. The number of para-hydroxylation sites is 1. The summed E-state index contributed by atoms with van der Waals surface area (Å²) in [5.41, 5.74) is 0.695. The minimum absolute atomic E-state index is 0.0554. The van der Waals surface area contributed by atoms with E-state index in [0.29, 0.717) is 17.1 Å². The maximum absolute atomic E-state index is 11.9.